The summed E-state index contributed by atoms with van der Waals surface area (Å²) >= 11 is 0. The van der Waals surface area contributed by atoms with E-state index >= 15 is 0 Å². The number of carbonyl (C=O) groups excluding carboxylic acids is 2. The Morgan fingerprint density at radius 1 is 0.882 bits per heavy atom. The van der Waals surface area contributed by atoms with E-state index in [0.29, 0.717) is 38.5 Å². The van der Waals surface area contributed by atoms with Crippen molar-refractivity contribution >= 4 is 21.7 Å². The molecule has 2 saturated heterocycles. The summed E-state index contributed by atoms with van der Waals surface area (Å²) < 4.78 is 32.4. The number of ether oxygens (including phenoxy) is 1. The highest BCUT2D eigenvalue weighted by molar-refractivity contribution is 7.89. The van der Waals surface area contributed by atoms with E-state index in [4.69, 9.17) is 4.74 Å². The van der Waals surface area contributed by atoms with Crippen LogP contribution in [0, 0.1) is 5.92 Å². The highest BCUT2D eigenvalue weighted by Gasteiger charge is 2.32. The largest absolute Gasteiger partial charge is 0.497 e. The summed E-state index contributed by atoms with van der Waals surface area (Å²) in [5.74, 6) is 0.790. The Kier molecular flexibility index (Phi) is 7.65. The molecule has 0 radical (unpaired) electrons. The van der Waals surface area contributed by atoms with E-state index in [-0.39, 0.29) is 35.6 Å². The van der Waals surface area contributed by atoms with Crippen LogP contribution >= 0.6 is 0 Å². The molecule has 34 heavy (non-hydrogen) atoms. The van der Waals surface area contributed by atoms with E-state index in [9.17, 15) is 18.0 Å². The lowest BCUT2D eigenvalue weighted by atomic mass is 9.89. The van der Waals surface area contributed by atoms with Crippen molar-refractivity contribution in [1.29, 1.82) is 0 Å². The second kappa shape index (κ2) is 10.7. The Bertz CT molecular complexity index is 1090. The molecule has 0 bridgehead atoms. The zero-order valence-electron chi connectivity index (χ0n) is 19.4. The molecule has 0 spiro atoms. The Balaban J connectivity index is 1.24. The highest BCUT2D eigenvalue weighted by Crippen LogP contribution is 2.23. The molecular weight excluding hydrogens is 454 g/mol. The smallest absolute Gasteiger partial charge is 0.243 e. The number of piperazine rings is 1. The van der Waals surface area contributed by atoms with E-state index in [1.54, 1.807) is 17.0 Å². The number of ketones is 1. The standard InChI is InChI=1S/C25H31N3O5S/c1-33-22-7-9-23(10-8-22)34(31,32)28-17-15-27(16-18-28)24(29)19-26-13-11-21(12-14-26)25(30)20-5-3-2-4-6-20/h2-10,21H,11-19H2,1H3. The number of benzene rings is 2. The predicted molar refractivity (Wildman–Crippen MR) is 128 cm³/mol. The van der Waals surface area contributed by atoms with Gasteiger partial charge in [-0.15, -0.1) is 0 Å². The quantitative estimate of drug-likeness (QED) is 0.559. The lowest BCUT2D eigenvalue weighted by Gasteiger charge is -2.36. The molecule has 0 aromatic heterocycles. The van der Waals surface area contributed by atoms with Crippen LogP contribution in [0.1, 0.15) is 23.2 Å². The molecule has 2 fully saturated rings. The van der Waals surface area contributed by atoms with Gasteiger partial charge in [0.15, 0.2) is 5.78 Å². The van der Waals surface area contributed by atoms with Crippen molar-refractivity contribution in [3.8, 4) is 5.75 Å². The van der Waals surface area contributed by atoms with Crippen molar-refractivity contribution in [3.05, 3.63) is 60.2 Å². The molecule has 2 aromatic rings. The monoisotopic (exact) mass is 485 g/mol. The third kappa shape index (κ3) is 5.48. The number of hydrogen-bond donors (Lipinski definition) is 0. The lowest BCUT2D eigenvalue weighted by Crippen LogP contribution is -2.53. The molecule has 0 atom stereocenters. The fourth-order valence-electron chi connectivity index (χ4n) is 4.56. The molecule has 0 saturated carbocycles. The Labute approximate surface area is 201 Å². The third-order valence-corrected chi connectivity index (χ3v) is 8.58. The average molecular weight is 486 g/mol. The molecule has 0 aliphatic carbocycles. The first-order valence-corrected chi connectivity index (χ1v) is 13.1. The minimum absolute atomic E-state index is 0.000424. The second-order valence-electron chi connectivity index (χ2n) is 8.74. The van der Waals surface area contributed by atoms with Crippen molar-refractivity contribution in [3.63, 3.8) is 0 Å². The molecule has 2 heterocycles. The summed E-state index contributed by atoms with van der Waals surface area (Å²) in [7, 11) is -2.07. The van der Waals surface area contributed by atoms with E-state index in [1.165, 1.54) is 23.5 Å². The second-order valence-corrected chi connectivity index (χ2v) is 10.7. The summed E-state index contributed by atoms with van der Waals surface area (Å²) in [6.45, 7) is 3.01. The number of hydrogen-bond acceptors (Lipinski definition) is 6. The number of sulfonamides is 1. The maximum Gasteiger partial charge on any atom is 0.243 e. The number of likely N-dealkylation sites (tertiary alicyclic amines) is 1. The van der Waals surface area contributed by atoms with E-state index in [2.05, 4.69) is 4.90 Å². The van der Waals surface area contributed by atoms with Crippen LogP contribution in [0.3, 0.4) is 0 Å². The SMILES string of the molecule is COc1ccc(S(=O)(=O)N2CCN(C(=O)CN3CCC(C(=O)c4ccccc4)CC3)CC2)cc1. The highest BCUT2D eigenvalue weighted by atomic mass is 32.2. The Hall–Kier alpha value is -2.75. The first-order valence-electron chi connectivity index (χ1n) is 11.6. The van der Waals surface area contributed by atoms with Crippen molar-refractivity contribution in [1.82, 2.24) is 14.1 Å². The summed E-state index contributed by atoms with van der Waals surface area (Å²) in [5, 5.41) is 0. The van der Waals surface area contributed by atoms with Crippen molar-refractivity contribution < 1.29 is 22.7 Å². The van der Waals surface area contributed by atoms with E-state index < -0.39 is 10.0 Å². The maximum atomic E-state index is 12.9. The van der Waals surface area contributed by atoms with Gasteiger partial charge in [-0.3, -0.25) is 14.5 Å². The molecule has 0 N–H and O–H groups in total. The van der Waals surface area contributed by atoms with Crippen molar-refractivity contribution in [2.75, 3.05) is 52.9 Å². The number of nitrogens with zero attached hydrogens (tertiary/aromatic N) is 3. The van der Waals surface area contributed by atoms with Crippen molar-refractivity contribution in [2.45, 2.75) is 17.7 Å². The third-order valence-electron chi connectivity index (χ3n) is 6.66. The Morgan fingerprint density at radius 3 is 2.09 bits per heavy atom. The molecule has 1 amide bonds. The first kappa shape index (κ1) is 24.4. The number of rotatable bonds is 7. The van der Waals surface area contributed by atoms with E-state index in [1.807, 2.05) is 30.3 Å². The molecule has 2 aromatic carbocycles. The topological polar surface area (TPSA) is 87.2 Å². The van der Waals surface area contributed by atoms with Gasteiger partial charge in [0.1, 0.15) is 5.75 Å². The molecule has 8 nitrogen and oxygen atoms in total. The molecule has 2 aliphatic rings. The van der Waals surface area contributed by atoms with Crippen LogP contribution in [0.15, 0.2) is 59.5 Å². The zero-order chi connectivity index (χ0) is 24.1. The summed E-state index contributed by atoms with van der Waals surface area (Å²) in [6, 6.07) is 15.7. The predicted octanol–water partition coefficient (Wildman–Crippen LogP) is 2.12. The zero-order valence-corrected chi connectivity index (χ0v) is 20.2. The van der Waals surface area contributed by atoms with Crippen LogP contribution in [0.25, 0.3) is 0 Å². The molecular formula is C25H31N3O5S. The van der Waals surface area contributed by atoms with Gasteiger partial charge in [-0.1, -0.05) is 30.3 Å². The van der Waals surface area contributed by atoms with Gasteiger partial charge >= 0.3 is 0 Å². The van der Waals surface area contributed by atoms with Crippen LogP contribution < -0.4 is 4.74 Å². The van der Waals surface area contributed by atoms with Crippen LogP contribution in [-0.2, 0) is 14.8 Å². The first-order chi connectivity index (χ1) is 16.4. The lowest BCUT2D eigenvalue weighted by molar-refractivity contribution is -0.133. The van der Waals surface area contributed by atoms with Crippen LogP contribution in [-0.4, -0.2) is 87.1 Å². The fourth-order valence-corrected chi connectivity index (χ4v) is 5.98. The van der Waals surface area contributed by atoms with Gasteiger partial charge < -0.3 is 9.64 Å². The summed E-state index contributed by atoms with van der Waals surface area (Å²) in [5.41, 5.74) is 0.750. The van der Waals surface area contributed by atoms with Gasteiger partial charge in [0, 0.05) is 37.7 Å². The van der Waals surface area contributed by atoms with Gasteiger partial charge in [-0.05, 0) is 50.2 Å². The Morgan fingerprint density at radius 2 is 1.50 bits per heavy atom. The molecule has 0 unspecified atom stereocenters. The van der Waals surface area contributed by atoms with E-state index in [0.717, 1.165) is 18.4 Å². The molecule has 182 valence electrons. The maximum absolute atomic E-state index is 12.9. The fraction of sp³-hybridized carbons (Fsp3) is 0.440. The van der Waals surface area contributed by atoms with Crippen LogP contribution in [0.5, 0.6) is 5.75 Å². The van der Waals surface area contributed by atoms with Crippen LogP contribution in [0.4, 0.5) is 0 Å². The molecule has 2 aliphatic heterocycles. The molecule has 4 rings (SSSR count). The molecule has 9 heteroatoms. The number of amides is 1. The number of piperidine rings is 1. The van der Waals surface area contributed by atoms with Gasteiger partial charge in [0.25, 0.3) is 0 Å². The van der Waals surface area contributed by atoms with Crippen molar-refractivity contribution in [2.24, 2.45) is 5.92 Å². The van der Waals surface area contributed by atoms with Gasteiger partial charge in [-0.2, -0.15) is 4.31 Å². The summed E-state index contributed by atoms with van der Waals surface area (Å²) in [4.78, 5) is 29.6. The minimum Gasteiger partial charge on any atom is -0.497 e. The number of Topliss-reactive ketones (excluding diaryl/α,β-unsaturated/α-hetero) is 1. The van der Waals surface area contributed by atoms with Gasteiger partial charge in [-0.25, -0.2) is 8.42 Å². The van der Waals surface area contributed by atoms with Gasteiger partial charge in [0.05, 0.1) is 18.6 Å². The van der Waals surface area contributed by atoms with Crippen LogP contribution in [0.2, 0.25) is 0 Å². The average Bonchev–Trinajstić information content (AvgIpc) is 2.89. The normalized spacial score (nSPS) is 18.6. The number of carbonyl (C=O) groups is 2. The van der Waals surface area contributed by atoms with Gasteiger partial charge in [0.2, 0.25) is 15.9 Å². The number of methoxy groups -OCH3 is 1. The minimum atomic E-state index is -3.60. The summed E-state index contributed by atoms with van der Waals surface area (Å²) in [6.07, 6.45) is 1.49.